The van der Waals surface area contributed by atoms with E-state index < -0.39 is 6.10 Å². The van der Waals surface area contributed by atoms with Crippen LogP contribution < -0.4 is 9.64 Å². The Bertz CT molecular complexity index is 862. The molecule has 8 heteroatoms. The van der Waals surface area contributed by atoms with Gasteiger partial charge in [0.05, 0.1) is 11.8 Å². The Morgan fingerprint density at radius 3 is 2.67 bits per heavy atom. The van der Waals surface area contributed by atoms with Crippen molar-refractivity contribution in [2.75, 3.05) is 44.7 Å². The third-order valence-corrected chi connectivity index (χ3v) is 6.69. The number of anilines is 1. The monoisotopic (exact) mass is 415 g/mol. The molecule has 0 aromatic heterocycles. The van der Waals surface area contributed by atoms with E-state index in [-0.39, 0.29) is 29.7 Å². The molecule has 3 aliphatic heterocycles. The van der Waals surface area contributed by atoms with E-state index in [1.165, 1.54) is 4.90 Å². The highest BCUT2D eigenvalue weighted by Gasteiger charge is 2.43. The highest BCUT2D eigenvalue weighted by molar-refractivity contribution is 6.01. The lowest BCUT2D eigenvalue weighted by atomic mass is 9.71. The number of hydrogen-bond acceptors (Lipinski definition) is 5. The molecule has 0 saturated carbocycles. The number of carbonyl (C=O) groups is 3. The molecule has 1 N–H and O–H groups in total. The minimum absolute atomic E-state index is 0.00834. The van der Waals surface area contributed by atoms with Gasteiger partial charge in [0.25, 0.3) is 11.8 Å². The lowest BCUT2D eigenvalue weighted by Crippen LogP contribution is -2.55. The number of likely N-dealkylation sites (tertiary alicyclic amines) is 2. The van der Waals surface area contributed by atoms with Crippen molar-refractivity contribution in [3.8, 4) is 5.75 Å². The van der Waals surface area contributed by atoms with Crippen molar-refractivity contribution >= 4 is 23.4 Å². The molecule has 3 heterocycles. The molecule has 1 spiro atoms. The third kappa shape index (κ3) is 3.76. The largest absolute Gasteiger partial charge is 0.482 e. The molecular weight excluding hydrogens is 386 g/mol. The summed E-state index contributed by atoms with van der Waals surface area (Å²) in [4.78, 5) is 42.3. The number of aliphatic hydroxyl groups excluding tert-OH is 1. The third-order valence-electron chi connectivity index (χ3n) is 6.69. The van der Waals surface area contributed by atoms with Gasteiger partial charge in [-0.3, -0.25) is 14.4 Å². The summed E-state index contributed by atoms with van der Waals surface area (Å²) in [5.41, 5.74) is 1.01. The first-order valence-corrected chi connectivity index (χ1v) is 10.6. The lowest BCUT2D eigenvalue weighted by molar-refractivity contribution is -0.139. The molecule has 3 amide bonds. The molecule has 4 rings (SSSR count). The number of β-amino-alcohol motifs (C(OH)–C–C–N with tert-alkyl or cyclic N) is 1. The van der Waals surface area contributed by atoms with Gasteiger partial charge in [0.1, 0.15) is 5.75 Å². The van der Waals surface area contributed by atoms with Crippen molar-refractivity contribution in [3.05, 3.63) is 23.8 Å². The second-order valence-corrected chi connectivity index (χ2v) is 8.70. The predicted octanol–water partition coefficient (Wildman–Crippen LogP) is 1.27. The number of benzene rings is 1. The number of fused-ring (bicyclic) bond motifs is 1. The van der Waals surface area contributed by atoms with Crippen molar-refractivity contribution in [1.82, 2.24) is 9.80 Å². The second-order valence-electron chi connectivity index (χ2n) is 8.70. The van der Waals surface area contributed by atoms with E-state index in [9.17, 15) is 19.5 Å². The van der Waals surface area contributed by atoms with Gasteiger partial charge in [-0.25, -0.2) is 0 Å². The Morgan fingerprint density at radius 1 is 1.23 bits per heavy atom. The van der Waals surface area contributed by atoms with Gasteiger partial charge in [0, 0.05) is 45.2 Å². The second kappa shape index (κ2) is 7.91. The SMILES string of the molecule is CCC(=O)N1CC(O)CC2(CCN(C(=O)c3ccc4c(c3)N(C)C(=O)CO4)CC2)C1. The number of hydrogen-bond donors (Lipinski definition) is 1. The Balaban J connectivity index is 1.45. The maximum Gasteiger partial charge on any atom is 0.264 e. The molecule has 1 unspecified atom stereocenters. The van der Waals surface area contributed by atoms with Crippen molar-refractivity contribution in [2.24, 2.45) is 5.41 Å². The minimum atomic E-state index is -0.509. The highest BCUT2D eigenvalue weighted by Crippen LogP contribution is 2.41. The molecule has 0 aliphatic carbocycles. The van der Waals surface area contributed by atoms with Crippen LogP contribution in [0.25, 0.3) is 0 Å². The molecule has 0 bridgehead atoms. The maximum atomic E-state index is 13.1. The fourth-order valence-electron chi connectivity index (χ4n) is 4.90. The summed E-state index contributed by atoms with van der Waals surface area (Å²) in [5.74, 6) is 0.454. The number of amides is 3. The fourth-order valence-corrected chi connectivity index (χ4v) is 4.90. The van der Waals surface area contributed by atoms with Crippen LogP contribution in [0.2, 0.25) is 0 Å². The van der Waals surface area contributed by atoms with Crippen LogP contribution in [0.4, 0.5) is 5.69 Å². The van der Waals surface area contributed by atoms with Gasteiger partial charge in [-0.15, -0.1) is 0 Å². The van der Waals surface area contributed by atoms with Gasteiger partial charge in [0.15, 0.2) is 6.61 Å². The van der Waals surface area contributed by atoms with Crippen LogP contribution in [0.3, 0.4) is 0 Å². The van der Waals surface area contributed by atoms with Crippen LogP contribution in [0.1, 0.15) is 43.0 Å². The molecule has 3 aliphatic rings. The Morgan fingerprint density at radius 2 is 1.97 bits per heavy atom. The van der Waals surface area contributed by atoms with Gasteiger partial charge in [-0.1, -0.05) is 6.92 Å². The van der Waals surface area contributed by atoms with E-state index in [1.54, 1.807) is 30.1 Å². The standard InChI is InChI=1S/C22H29N3O5/c1-3-19(27)25-12-16(26)11-22(14-25)6-8-24(9-7-22)21(29)15-4-5-18-17(10-15)23(2)20(28)13-30-18/h4-5,10,16,26H,3,6-9,11-14H2,1-2H3. The zero-order valence-electron chi connectivity index (χ0n) is 17.6. The van der Waals surface area contributed by atoms with Crippen LogP contribution in [-0.2, 0) is 9.59 Å². The highest BCUT2D eigenvalue weighted by atomic mass is 16.5. The van der Waals surface area contributed by atoms with Gasteiger partial charge in [-0.05, 0) is 42.9 Å². The summed E-state index contributed by atoms with van der Waals surface area (Å²) < 4.78 is 5.44. The Kier molecular flexibility index (Phi) is 5.44. The average Bonchev–Trinajstić information content (AvgIpc) is 2.75. The van der Waals surface area contributed by atoms with Crippen LogP contribution in [0.5, 0.6) is 5.75 Å². The molecule has 162 valence electrons. The number of rotatable bonds is 2. The molecule has 0 radical (unpaired) electrons. The number of aliphatic hydroxyl groups is 1. The van der Waals surface area contributed by atoms with Crippen molar-refractivity contribution < 1.29 is 24.2 Å². The number of piperidine rings is 2. The van der Waals surface area contributed by atoms with Crippen molar-refractivity contribution in [1.29, 1.82) is 0 Å². The lowest BCUT2D eigenvalue weighted by Gasteiger charge is -2.49. The smallest absolute Gasteiger partial charge is 0.264 e. The number of nitrogens with zero attached hydrogens (tertiary/aromatic N) is 3. The maximum absolute atomic E-state index is 13.1. The van der Waals surface area contributed by atoms with Crippen LogP contribution >= 0.6 is 0 Å². The van der Waals surface area contributed by atoms with E-state index >= 15 is 0 Å². The number of carbonyl (C=O) groups excluding carboxylic acids is 3. The summed E-state index contributed by atoms with van der Waals surface area (Å²) in [6.07, 6.45) is 2.12. The molecule has 1 aromatic rings. The van der Waals surface area contributed by atoms with Gasteiger partial charge < -0.3 is 24.5 Å². The van der Waals surface area contributed by atoms with E-state index in [4.69, 9.17) is 4.74 Å². The summed E-state index contributed by atoms with van der Waals surface area (Å²) in [6, 6.07) is 5.19. The molecule has 2 saturated heterocycles. The minimum Gasteiger partial charge on any atom is -0.482 e. The Hall–Kier alpha value is -2.61. The first-order chi connectivity index (χ1) is 14.3. The normalized spacial score (nSPS) is 23.2. The van der Waals surface area contributed by atoms with Crippen LogP contribution in [0, 0.1) is 5.41 Å². The molecule has 8 nitrogen and oxygen atoms in total. The molecule has 1 aromatic carbocycles. The quantitative estimate of drug-likeness (QED) is 0.786. The summed E-state index contributed by atoms with van der Waals surface area (Å²) in [7, 11) is 1.68. The summed E-state index contributed by atoms with van der Waals surface area (Å²) in [6.45, 7) is 4.08. The molecule has 2 fully saturated rings. The van der Waals surface area contributed by atoms with Crippen LogP contribution in [-0.4, -0.2) is 78.6 Å². The first-order valence-electron chi connectivity index (χ1n) is 10.6. The summed E-state index contributed by atoms with van der Waals surface area (Å²) >= 11 is 0. The van der Waals surface area contributed by atoms with E-state index in [0.29, 0.717) is 56.0 Å². The van der Waals surface area contributed by atoms with E-state index in [1.807, 2.05) is 11.8 Å². The Labute approximate surface area is 176 Å². The van der Waals surface area contributed by atoms with Crippen molar-refractivity contribution in [3.63, 3.8) is 0 Å². The molecule has 30 heavy (non-hydrogen) atoms. The molecule has 1 atom stereocenters. The number of ether oxygens (including phenoxy) is 1. The average molecular weight is 415 g/mol. The van der Waals surface area contributed by atoms with Crippen LogP contribution in [0.15, 0.2) is 18.2 Å². The van der Waals surface area contributed by atoms with E-state index in [2.05, 4.69) is 0 Å². The zero-order chi connectivity index (χ0) is 21.5. The fraction of sp³-hybridized carbons (Fsp3) is 0.591. The van der Waals surface area contributed by atoms with Gasteiger partial charge in [0.2, 0.25) is 5.91 Å². The topological polar surface area (TPSA) is 90.4 Å². The zero-order valence-corrected chi connectivity index (χ0v) is 17.6. The van der Waals surface area contributed by atoms with Gasteiger partial charge in [-0.2, -0.15) is 0 Å². The first kappa shape index (κ1) is 20.7. The van der Waals surface area contributed by atoms with E-state index in [0.717, 1.165) is 12.8 Å². The predicted molar refractivity (Wildman–Crippen MR) is 110 cm³/mol. The summed E-state index contributed by atoms with van der Waals surface area (Å²) in [5, 5.41) is 10.3. The molecular formula is C22H29N3O5. The van der Waals surface area contributed by atoms with Gasteiger partial charge >= 0.3 is 0 Å². The number of likely N-dealkylation sites (N-methyl/N-ethyl adjacent to an activating group) is 1. The van der Waals surface area contributed by atoms with Crippen molar-refractivity contribution in [2.45, 2.75) is 38.7 Å².